The summed E-state index contributed by atoms with van der Waals surface area (Å²) >= 11 is 1.49. The van der Waals surface area contributed by atoms with E-state index >= 15 is 0 Å². The first-order valence-corrected chi connectivity index (χ1v) is 10.7. The number of benzene rings is 1. The van der Waals surface area contributed by atoms with Crippen LogP contribution in [-0.2, 0) is 17.0 Å². The van der Waals surface area contributed by atoms with Gasteiger partial charge in [-0.05, 0) is 31.9 Å². The quantitative estimate of drug-likeness (QED) is 0.438. The fraction of sp³-hybridized carbons (Fsp3) is 0.368. The number of primary amides is 1. The maximum Gasteiger partial charge on any atom is 0.232 e. The lowest BCUT2D eigenvalue weighted by molar-refractivity contribution is -0.118. The van der Waals surface area contributed by atoms with Crippen LogP contribution in [0.5, 0.6) is 0 Å². The highest BCUT2D eigenvalue weighted by atomic mass is 32.2. The average molecular weight is 426 g/mol. The molecular weight excluding hydrogens is 402 g/mol. The van der Waals surface area contributed by atoms with E-state index < -0.39 is 0 Å². The summed E-state index contributed by atoms with van der Waals surface area (Å²) in [6, 6.07) is 8.30. The van der Waals surface area contributed by atoms with E-state index in [1.165, 1.54) is 17.3 Å². The third-order valence-corrected chi connectivity index (χ3v) is 5.52. The second-order valence-corrected chi connectivity index (χ2v) is 8.12. The Morgan fingerprint density at radius 3 is 2.67 bits per heavy atom. The number of hydrogen-bond acceptors (Lipinski definition) is 9. The van der Waals surface area contributed by atoms with Gasteiger partial charge in [0.05, 0.1) is 5.75 Å². The monoisotopic (exact) mass is 425 g/mol. The van der Waals surface area contributed by atoms with Gasteiger partial charge in [0.15, 0.2) is 5.16 Å². The number of carbonyl (C=O) groups is 1. The van der Waals surface area contributed by atoms with Gasteiger partial charge in [0.25, 0.3) is 0 Å². The number of aryl methyl sites for hydroxylation is 2. The molecule has 2 heterocycles. The van der Waals surface area contributed by atoms with Crippen LogP contribution in [0.25, 0.3) is 0 Å². The smallest absolute Gasteiger partial charge is 0.232 e. The molecule has 0 atom stereocenters. The normalized spacial score (nSPS) is 13.4. The summed E-state index contributed by atoms with van der Waals surface area (Å²) in [6.45, 7) is 2.03. The van der Waals surface area contributed by atoms with Gasteiger partial charge in [0, 0.05) is 24.6 Å². The minimum Gasteiger partial charge on any atom is -0.370 e. The lowest BCUT2D eigenvalue weighted by Gasteiger charge is -2.09. The number of rotatable bonds is 9. The van der Waals surface area contributed by atoms with Crippen LogP contribution < -0.4 is 16.8 Å². The topological polar surface area (TPSA) is 151 Å². The molecule has 0 radical (unpaired) electrons. The van der Waals surface area contributed by atoms with Crippen LogP contribution in [-0.4, -0.2) is 35.6 Å². The Morgan fingerprint density at radius 1 is 1.20 bits per heavy atom. The maximum atomic E-state index is 11.1. The minimum atomic E-state index is -0.344. The first-order chi connectivity index (χ1) is 14.5. The van der Waals surface area contributed by atoms with Gasteiger partial charge in [-0.15, -0.1) is 10.2 Å². The number of thioether (sulfide) groups is 1. The third kappa shape index (κ3) is 5.03. The molecule has 0 saturated heterocycles. The molecule has 3 aromatic rings. The molecule has 30 heavy (non-hydrogen) atoms. The molecule has 10 nitrogen and oxygen atoms in total. The molecular formula is C19H23N9OS. The molecule has 0 unspecified atom stereocenters. The molecule has 0 aliphatic heterocycles. The van der Waals surface area contributed by atoms with Gasteiger partial charge >= 0.3 is 0 Å². The van der Waals surface area contributed by atoms with E-state index in [0.717, 1.165) is 29.5 Å². The summed E-state index contributed by atoms with van der Waals surface area (Å²) in [5, 5.41) is 12.5. The highest BCUT2D eigenvalue weighted by molar-refractivity contribution is 7.98. The average Bonchev–Trinajstić information content (AvgIpc) is 3.46. The van der Waals surface area contributed by atoms with Crippen molar-refractivity contribution in [3.05, 3.63) is 41.5 Å². The Labute approximate surface area is 177 Å². The summed E-state index contributed by atoms with van der Waals surface area (Å²) in [6.07, 6.45) is 2.91. The number of aromatic nitrogens is 6. The van der Waals surface area contributed by atoms with Crippen molar-refractivity contribution in [2.24, 2.45) is 5.73 Å². The van der Waals surface area contributed by atoms with Crippen molar-refractivity contribution in [1.82, 2.24) is 29.7 Å². The summed E-state index contributed by atoms with van der Waals surface area (Å²) in [5.74, 6) is 2.01. The predicted octanol–water partition coefficient (Wildman–Crippen LogP) is 2.14. The van der Waals surface area contributed by atoms with Crippen molar-refractivity contribution >= 4 is 35.3 Å². The van der Waals surface area contributed by atoms with Crippen molar-refractivity contribution in [2.45, 2.75) is 49.6 Å². The number of nitrogen functional groups attached to an aromatic ring is 1. The number of hydrogen-bond donors (Lipinski definition) is 3. The number of carbonyl (C=O) groups excluding carboxylic acids is 1. The molecule has 0 bridgehead atoms. The molecule has 2 aromatic heterocycles. The van der Waals surface area contributed by atoms with Crippen LogP contribution in [0.15, 0.2) is 29.4 Å². The molecule has 1 aliphatic carbocycles. The fourth-order valence-electron chi connectivity index (χ4n) is 2.96. The largest absolute Gasteiger partial charge is 0.370 e. The van der Waals surface area contributed by atoms with E-state index in [0.29, 0.717) is 30.0 Å². The molecule has 1 saturated carbocycles. The summed E-state index contributed by atoms with van der Waals surface area (Å²) < 4.78 is 2.10. The van der Waals surface area contributed by atoms with Gasteiger partial charge in [-0.3, -0.25) is 4.79 Å². The number of amides is 1. The predicted molar refractivity (Wildman–Crippen MR) is 114 cm³/mol. The van der Waals surface area contributed by atoms with E-state index in [1.54, 1.807) is 0 Å². The molecule has 156 valence electrons. The summed E-state index contributed by atoms with van der Waals surface area (Å²) in [7, 11) is 0. The van der Waals surface area contributed by atoms with Crippen molar-refractivity contribution < 1.29 is 4.79 Å². The van der Waals surface area contributed by atoms with Crippen LogP contribution >= 0.6 is 11.8 Å². The van der Waals surface area contributed by atoms with E-state index in [2.05, 4.69) is 35.0 Å². The zero-order chi connectivity index (χ0) is 21.1. The van der Waals surface area contributed by atoms with Crippen LogP contribution in [0, 0.1) is 6.92 Å². The Hall–Kier alpha value is -3.21. The van der Waals surface area contributed by atoms with Crippen LogP contribution in [0.2, 0.25) is 0 Å². The van der Waals surface area contributed by atoms with Crippen LogP contribution in [0.1, 0.15) is 42.5 Å². The molecule has 1 fully saturated rings. The fourth-order valence-corrected chi connectivity index (χ4v) is 3.84. The molecule has 0 spiro atoms. The van der Waals surface area contributed by atoms with E-state index in [4.69, 9.17) is 11.5 Å². The first-order valence-electron chi connectivity index (χ1n) is 9.67. The van der Waals surface area contributed by atoms with Crippen molar-refractivity contribution in [3.63, 3.8) is 0 Å². The zero-order valence-electron chi connectivity index (χ0n) is 16.6. The van der Waals surface area contributed by atoms with Crippen molar-refractivity contribution in [3.8, 4) is 0 Å². The SMILES string of the molecule is Cc1ccc(Nc2nc(N)nc(CSc3nnc(CCC(N)=O)n3C3CC3)n2)cc1. The molecule has 1 aromatic carbocycles. The van der Waals surface area contributed by atoms with Crippen molar-refractivity contribution in [1.29, 1.82) is 0 Å². The Morgan fingerprint density at radius 2 is 1.97 bits per heavy atom. The van der Waals surface area contributed by atoms with Gasteiger partial charge in [0.1, 0.15) is 11.6 Å². The molecule has 4 rings (SSSR count). The standard InChI is InChI=1S/C19H23N9OS/c1-11-2-4-12(5-3-11)22-18-24-15(23-17(21)25-18)10-30-19-27-26-16(9-8-14(20)29)28(19)13-6-7-13/h2-5,13H,6-10H2,1H3,(H2,20,29)(H3,21,22,23,24,25). The number of anilines is 3. The van der Waals surface area contributed by atoms with Gasteiger partial charge in [-0.25, -0.2) is 0 Å². The number of nitrogens with one attached hydrogen (secondary N) is 1. The molecule has 1 aliphatic rings. The van der Waals surface area contributed by atoms with Gasteiger partial charge in [-0.1, -0.05) is 29.5 Å². The zero-order valence-corrected chi connectivity index (χ0v) is 17.4. The Balaban J connectivity index is 1.46. The van der Waals surface area contributed by atoms with Gasteiger partial charge < -0.3 is 21.4 Å². The van der Waals surface area contributed by atoms with Gasteiger partial charge in [0.2, 0.25) is 17.8 Å². The van der Waals surface area contributed by atoms with E-state index in [9.17, 15) is 4.79 Å². The Bertz CT molecular complexity index is 1050. The molecule has 1 amide bonds. The minimum absolute atomic E-state index is 0.154. The van der Waals surface area contributed by atoms with Crippen LogP contribution in [0.4, 0.5) is 17.6 Å². The molecule has 5 N–H and O–H groups in total. The van der Waals surface area contributed by atoms with Gasteiger partial charge in [-0.2, -0.15) is 15.0 Å². The Kier molecular flexibility index (Phi) is 5.79. The highest BCUT2D eigenvalue weighted by Crippen LogP contribution is 2.39. The molecule has 11 heteroatoms. The van der Waals surface area contributed by atoms with E-state index in [-0.39, 0.29) is 18.3 Å². The second kappa shape index (κ2) is 8.66. The number of nitrogens with two attached hydrogens (primary N) is 2. The first kappa shape index (κ1) is 20.1. The maximum absolute atomic E-state index is 11.1. The van der Waals surface area contributed by atoms with Crippen molar-refractivity contribution in [2.75, 3.05) is 11.1 Å². The lowest BCUT2D eigenvalue weighted by Crippen LogP contribution is -2.13. The highest BCUT2D eigenvalue weighted by Gasteiger charge is 2.29. The summed E-state index contributed by atoms with van der Waals surface area (Å²) in [5.41, 5.74) is 13.2. The van der Waals surface area contributed by atoms with Crippen LogP contribution in [0.3, 0.4) is 0 Å². The lowest BCUT2D eigenvalue weighted by atomic mass is 10.2. The third-order valence-electron chi connectivity index (χ3n) is 4.58. The summed E-state index contributed by atoms with van der Waals surface area (Å²) in [4.78, 5) is 24.0. The number of nitrogens with zero attached hydrogens (tertiary/aromatic N) is 6. The second-order valence-electron chi connectivity index (χ2n) is 7.18. The van der Waals surface area contributed by atoms with E-state index in [1.807, 2.05) is 31.2 Å².